The summed E-state index contributed by atoms with van der Waals surface area (Å²) >= 11 is 0. The summed E-state index contributed by atoms with van der Waals surface area (Å²) in [6.45, 7) is 5.53. The van der Waals surface area contributed by atoms with E-state index in [0.29, 0.717) is 17.6 Å². The SMILES string of the molecule is COC(=O)c1ccnc(N2CC3CCCCN3CC2C)c1. The van der Waals surface area contributed by atoms with Crippen molar-refractivity contribution in [2.45, 2.75) is 38.3 Å². The lowest BCUT2D eigenvalue weighted by Crippen LogP contribution is -2.59. The van der Waals surface area contributed by atoms with Crippen LogP contribution >= 0.6 is 0 Å². The van der Waals surface area contributed by atoms with Crippen LogP contribution in [0.1, 0.15) is 36.5 Å². The first-order valence-electron chi connectivity index (χ1n) is 7.74. The predicted molar refractivity (Wildman–Crippen MR) is 81.6 cm³/mol. The van der Waals surface area contributed by atoms with E-state index in [-0.39, 0.29) is 5.97 Å². The molecule has 3 rings (SSSR count). The lowest BCUT2D eigenvalue weighted by atomic mass is 9.97. The van der Waals surface area contributed by atoms with Crippen LogP contribution in [0.25, 0.3) is 0 Å². The number of nitrogens with zero attached hydrogens (tertiary/aromatic N) is 3. The van der Waals surface area contributed by atoms with Crippen LogP contribution in [0.5, 0.6) is 0 Å². The average Bonchev–Trinajstić information content (AvgIpc) is 2.53. The molecule has 2 fully saturated rings. The molecule has 2 saturated heterocycles. The molecular weight excluding hydrogens is 266 g/mol. The van der Waals surface area contributed by atoms with Crippen LogP contribution in [-0.2, 0) is 4.74 Å². The molecule has 0 spiro atoms. The summed E-state index contributed by atoms with van der Waals surface area (Å²) < 4.78 is 4.80. The second-order valence-electron chi connectivity index (χ2n) is 6.04. The van der Waals surface area contributed by atoms with Crippen LogP contribution < -0.4 is 4.90 Å². The molecule has 0 saturated carbocycles. The fraction of sp³-hybridized carbons (Fsp3) is 0.625. The number of methoxy groups -OCH3 is 1. The van der Waals surface area contributed by atoms with Crippen LogP contribution in [0, 0.1) is 0 Å². The highest BCUT2D eigenvalue weighted by atomic mass is 16.5. The van der Waals surface area contributed by atoms with Crippen LogP contribution in [0.3, 0.4) is 0 Å². The van der Waals surface area contributed by atoms with Gasteiger partial charge < -0.3 is 9.64 Å². The van der Waals surface area contributed by atoms with Crippen molar-refractivity contribution < 1.29 is 9.53 Å². The quantitative estimate of drug-likeness (QED) is 0.779. The molecule has 2 aliphatic rings. The van der Waals surface area contributed by atoms with Gasteiger partial charge in [-0.25, -0.2) is 9.78 Å². The van der Waals surface area contributed by atoms with Crippen molar-refractivity contribution in [3.8, 4) is 0 Å². The van der Waals surface area contributed by atoms with E-state index in [4.69, 9.17) is 4.74 Å². The molecular formula is C16H23N3O2. The number of esters is 1. The summed E-state index contributed by atoms with van der Waals surface area (Å²) in [7, 11) is 1.41. The van der Waals surface area contributed by atoms with E-state index in [1.54, 1.807) is 12.3 Å². The molecule has 0 bridgehead atoms. The second-order valence-corrected chi connectivity index (χ2v) is 6.04. The number of piperazine rings is 1. The number of anilines is 1. The number of piperidine rings is 1. The van der Waals surface area contributed by atoms with E-state index in [1.165, 1.54) is 32.9 Å². The van der Waals surface area contributed by atoms with Crippen molar-refractivity contribution >= 4 is 11.8 Å². The Morgan fingerprint density at radius 1 is 1.38 bits per heavy atom. The number of ether oxygens (including phenoxy) is 1. The van der Waals surface area contributed by atoms with Crippen LogP contribution in [-0.4, -0.2) is 54.7 Å². The van der Waals surface area contributed by atoms with Gasteiger partial charge in [0.2, 0.25) is 0 Å². The number of pyridine rings is 1. The van der Waals surface area contributed by atoms with Gasteiger partial charge in [-0.1, -0.05) is 6.42 Å². The standard InChI is InChI=1S/C16H23N3O2/c1-12-10-18-8-4-3-5-14(18)11-19(12)15-9-13(6-7-17-15)16(20)21-2/h6-7,9,12,14H,3-5,8,10-11H2,1-2H3. The van der Waals surface area contributed by atoms with Crippen LogP contribution in [0.4, 0.5) is 5.82 Å². The molecule has 5 heteroatoms. The molecule has 3 heterocycles. The van der Waals surface area contributed by atoms with E-state index in [9.17, 15) is 4.79 Å². The lowest BCUT2D eigenvalue weighted by Gasteiger charge is -2.48. The van der Waals surface area contributed by atoms with Gasteiger partial charge in [0.25, 0.3) is 0 Å². The molecule has 1 aromatic heterocycles. The fourth-order valence-corrected chi connectivity index (χ4v) is 3.49. The van der Waals surface area contributed by atoms with Gasteiger partial charge in [-0.05, 0) is 38.4 Å². The highest BCUT2D eigenvalue weighted by molar-refractivity contribution is 5.90. The van der Waals surface area contributed by atoms with E-state index in [1.807, 2.05) is 6.07 Å². The fourth-order valence-electron chi connectivity index (χ4n) is 3.49. The summed E-state index contributed by atoms with van der Waals surface area (Å²) in [5.74, 6) is 0.582. The summed E-state index contributed by atoms with van der Waals surface area (Å²) in [5.41, 5.74) is 0.570. The Bertz CT molecular complexity index is 520. The Morgan fingerprint density at radius 3 is 3.05 bits per heavy atom. The highest BCUT2D eigenvalue weighted by Gasteiger charge is 2.33. The molecule has 0 N–H and O–H groups in total. The summed E-state index contributed by atoms with van der Waals surface area (Å²) in [5, 5.41) is 0. The number of hydrogen-bond donors (Lipinski definition) is 0. The first-order valence-corrected chi connectivity index (χ1v) is 7.74. The van der Waals surface area contributed by atoms with Crippen molar-refractivity contribution in [1.29, 1.82) is 0 Å². The van der Waals surface area contributed by atoms with Crippen molar-refractivity contribution in [2.75, 3.05) is 31.6 Å². The van der Waals surface area contributed by atoms with Gasteiger partial charge in [-0.15, -0.1) is 0 Å². The van der Waals surface area contributed by atoms with Gasteiger partial charge in [-0.2, -0.15) is 0 Å². The van der Waals surface area contributed by atoms with Crippen molar-refractivity contribution in [2.24, 2.45) is 0 Å². The maximum Gasteiger partial charge on any atom is 0.338 e. The number of rotatable bonds is 2. The number of hydrogen-bond acceptors (Lipinski definition) is 5. The molecule has 0 amide bonds. The van der Waals surface area contributed by atoms with Crippen LogP contribution in [0.2, 0.25) is 0 Å². The van der Waals surface area contributed by atoms with Gasteiger partial charge in [-0.3, -0.25) is 4.90 Å². The molecule has 2 unspecified atom stereocenters. The molecule has 0 aromatic carbocycles. The van der Waals surface area contributed by atoms with Crippen molar-refractivity contribution in [1.82, 2.24) is 9.88 Å². The number of carbonyl (C=O) groups is 1. The molecule has 2 aliphatic heterocycles. The van der Waals surface area contributed by atoms with Gasteiger partial charge in [0, 0.05) is 31.4 Å². The lowest BCUT2D eigenvalue weighted by molar-refractivity contribution is 0.0600. The minimum absolute atomic E-state index is 0.303. The summed E-state index contributed by atoms with van der Waals surface area (Å²) in [4.78, 5) is 21.1. The second kappa shape index (κ2) is 6.02. The van der Waals surface area contributed by atoms with Crippen molar-refractivity contribution in [3.05, 3.63) is 23.9 Å². The van der Waals surface area contributed by atoms with E-state index >= 15 is 0 Å². The zero-order valence-corrected chi connectivity index (χ0v) is 12.8. The summed E-state index contributed by atoms with van der Waals surface area (Å²) in [6, 6.07) is 4.59. The summed E-state index contributed by atoms with van der Waals surface area (Å²) in [6.07, 6.45) is 5.60. The smallest absolute Gasteiger partial charge is 0.338 e. The Kier molecular flexibility index (Phi) is 4.10. The molecule has 0 radical (unpaired) electrons. The Morgan fingerprint density at radius 2 is 2.24 bits per heavy atom. The number of fused-ring (bicyclic) bond motifs is 1. The molecule has 1 aromatic rings. The molecule has 114 valence electrons. The maximum atomic E-state index is 11.7. The van der Waals surface area contributed by atoms with Gasteiger partial charge in [0.05, 0.1) is 12.7 Å². The van der Waals surface area contributed by atoms with Gasteiger partial charge in [0.15, 0.2) is 0 Å². The van der Waals surface area contributed by atoms with E-state index < -0.39 is 0 Å². The number of carbonyl (C=O) groups excluding carboxylic acids is 1. The molecule has 21 heavy (non-hydrogen) atoms. The maximum absolute atomic E-state index is 11.7. The molecule has 5 nitrogen and oxygen atoms in total. The Balaban J connectivity index is 1.81. The van der Waals surface area contributed by atoms with Gasteiger partial charge >= 0.3 is 5.97 Å². The van der Waals surface area contributed by atoms with E-state index in [0.717, 1.165) is 18.9 Å². The first-order chi connectivity index (χ1) is 10.2. The normalized spacial score (nSPS) is 26.3. The van der Waals surface area contributed by atoms with Crippen LogP contribution in [0.15, 0.2) is 18.3 Å². The monoisotopic (exact) mass is 289 g/mol. The third-order valence-corrected chi connectivity index (χ3v) is 4.65. The minimum Gasteiger partial charge on any atom is -0.465 e. The third kappa shape index (κ3) is 2.88. The zero-order valence-electron chi connectivity index (χ0n) is 12.8. The topological polar surface area (TPSA) is 45.7 Å². The third-order valence-electron chi connectivity index (χ3n) is 4.65. The number of aromatic nitrogens is 1. The van der Waals surface area contributed by atoms with Gasteiger partial charge in [0.1, 0.15) is 5.82 Å². The first kappa shape index (κ1) is 14.3. The largest absolute Gasteiger partial charge is 0.465 e. The zero-order chi connectivity index (χ0) is 14.8. The Hall–Kier alpha value is -1.62. The van der Waals surface area contributed by atoms with Crippen molar-refractivity contribution in [3.63, 3.8) is 0 Å². The average molecular weight is 289 g/mol. The molecule has 2 atom stereocenters. The minimum atomic E-state index is -0.303. The Labute approximate surface area is 125 Å². The predicted octanol–water partition coefficient (Wildman–Crippen LogP) is 1.93. The highest BCUT2D eigenvalue weighted by Crippen LogP contribution is 2.27. The van der Waals surface area contributed by atoms with E-state index in [2.05, 4.69) is 21.7 Å². The molecule has 0 aliphatic carbocycles.